The van der Waals surface area contributed by atoms with Crippen LogP contribution < -0.4 is 0 Å². The lowest BCUT2D eigenvalue weighted by Crippen LogP contribution is -2.48. The van der Waals surface area contributed by atoms with E-state index in [1.54, 1.807) is 0 Å². The van der Waals surface area contributed by atoms with Crippen LogP contribution in [0.1, 0.15) is 92.9 Å². The number of allylic oxidation sites excluding steroid dienone is 9. The maximum atomic E-state index is 12.5. The maximum Gasteiger partial charge on any atom is 0.222 e. The van der Waals surface area contributed by atoms with Gasteiger partial charge >= 0.3 is 0 Å². The minimum absolute atomic E-state index is 0.310. The Morgan fingerprint density at radius 2 is 1.12 bits per heavy atom. The lowest BCUT2D eigenvalue weighted by Gasteiger charge is -2.34. The molecule has 1 saturated heterocycles. The standard InChI is InChI=1S/C30H50N2O/c1-7-8-21-31-22-24-32(25-23-31)30(33)20-12-19-29(6)18-11-17-28(5)16-10-15-27(4)14-9-13-26(2)3/h7-8,13,15,17,19H,9-12,14,16,18,20-25H2,1-6H3/b8-7?,27-15+,28-17?,29-19+. The van der Waals surface area contributed by atoms with Crippen LogP contribution in [-0.2, 0) is 4.79 Å². The lowest BCUT2D eigenvalue weighted by atomic mass is 10.0. The monoisotopic (exact) mass is 454 g/mol. The van der Waals surface area contributed by atoms with Gasteiger partial charge in [-0.25, -0.2) is 0 Å². The van der Waals surface area contributed by atoms with Gasteiger partial charge in [0.25, 0.3) is 0 Å². The quantitative estimate of drug-likeness (QED) is 0.252. The summed E-state index contributed by atoms with van der Waals surface area (Å²) in [5, 5.41) is 0. The van der Waals surface area contributed by atoms with Gasteiger partial charge in [-0.15, -0.1) is 0 Å². The van der Waals surface area contributed by atoms with Crippen LogP contribution in [0.25, 0.3) is 0 Å². The van der Waals surface area contributed by atoms with E-state index in [0.29, 0.717) is 12.3 Å². The van der Waals surface area contributed by atoms with E-state index in [2.05, 4.69) is 82.9 Å². The first-order valence-corrected chi connectivity index (χ1v) is 13.0. The first-order valence-electron chi connectivity index (χ1n) is 13.0. The second-order valence-corrected chi connectivity index (χ2v) is 9.84. The molecule has 1 rings (SSSR count). The number of amides is 1. The molecule has 1 amide bonds. The summed E-state index contributed by atoms with van der Waals surface area (Å²) in [4.78, 5) is 16.9. The van der Waals surface area contributed by atoms with Crippen molar-refractivity contribution in [1.82, 2.24) is 9.80 Å². The lowest BCUT2D eigenvalue weighted by molar-refractivity contribution is -0.132. The van der Waals surface area contributed by atoms with Gasteiger partial charge in [0.15, 0.2) is 0 Å². The molecule has 0 spiro atoms. The van der Waals surface area contributed by atoms with Crippen molar-refractivity contribution in [2.24, 2.45) is 0 Å². The summed E-state index contributed by atoms with van der Waals surface area (Å²) in [5.74, 6) is 0.310. The van der Waals surface area contributed by atoms with E-state index < -0.39 is 0 Å². The van der Waals surface area contributed by atoms with Crippen LogP contribution in [0.4, 0.5) is 0 Å². The van der Waals surface area contributed by atoms with Crippen molar-refractivity contribution in [2.75, 3.05) is 32.7 Å². The first-order chi connectivity index (χ1) is 15.8. The highest BCUT2D eigenvalue weighted by molar-refractivity contribution is 5.76. The molecule has 1 heterocycles. The number of rotatable bonds is 14. The number of piperazine rings is 1. The molecule has 0 aliphatic carbocycles. The van der Waals surface area contributed by atoms with Gasteiger partial charge in [0.1, 0.15) is 0 Å². The summed E-state index contributed by atoms with van der Waals surface area (Å²) in [7, 11) is 0. The van der Waals surface area contributed by atoms with Gasteiger partial charge in [-0.2, -0.15) is 0 Å². The Kier molecular flexibility index (Phi) is 15.5. The fraction of sp³-hybridized carbons (Fsp3) is 0.633. The van der Waals surface area contributed by atoms with Crippen LogP contribution in [0.3, 0.4) is 0 Å². The second-order valence-electron chi connectivity index (χ2n) is 9.84. The summed E-state index contributed by atoms with van der Waals surface area (Å²) in [6, 6.07) is 0. The van der Waals surface area contributed by atoms with Gasteiger partial charge < -0.3 is 4.90 Å². The van der Waals surface area contributed by atoms with Crippen molar-refractivity contribution in [3.63, 3.8) is 0 Å². The molecule has 0 N–H and O–H groups in total. The summed E-state index contributed by atoms with van der Waals surface area (Å²) in [5.41, 5.74) is 5.80. The third-order valence-corrected chi connectivity index (χ3v) is 6.33. The molecule has 3 nitrogen and oxygen atoms in total. The topological polar surface area (TPSA) is 23.6 Å². The van der Waals surface area contributed by atoms with Crippen LogP contribution in [-0.4, -0.2) is 48.4 Å². The molecule has 186 valence electrons. The zero-order valence-electron chi connectivity index (χ0n) is 22.5. The van der Waals surface area contributed by atoms with Crippen molar-refractivity contribution in [2.45, 2.75) is 92.9 Å². The third kappa shape index (κ3) is 14.8. The van der Waals surface area contributed by atoms with Crippen LogP contribution in [0.2, 0.25) is 0 Å². The smallest absolute Gasteiger partial charge is 0.222 e. The minimum Gasteiger partial charge on any atom is -0.340 e. The molecule has 0 atom stereocenters. The van der Waals surface area contributed by atoms with E-state index >= 15 is 0 Å². The zero-order chi connectivity index (χ0) is 24.5. The van der Waals surface area contributed by atoms with Crippen molar-refractivity contribution < 1.29 is 4.79 Å². The molecule has 0 aromatic carbocycles. The normalized spacial score (nSPS) is 16.5. The van der Waals surface area contributed by atoms with Crippen LogP contribution >= 0.6 is 0 Å². The number of hydrogen-bond donors (Lipinski definition) is 0. The van der Waals surface area contributed by atoms with E-state index in [4.69, 9.17) is 0 Å². The molecule has 0 saturated carbocycles. The van der Waals surface area contributed by atoms with Gasteiger partial charge in [-0.05, 0) is 86.5 Å². The number of hydrogen-bond acceptors (Lipinski definition) is 2. The van der Waals surface area contributed by atoms with Gasteiger partial charge in [0.05, 0.1) is 0 Å². The summed E-state index contributed by atoms with van der Waals surface area (Å²) < 4.78 is 0. The first kappa shape index (κ1) is 29.2. The van der Waals surface area contributed by atoms with E-state index in [9.17, 15) is 4.79 Å². The maximum absolute atomic E-state index is 12.5. The molecule has 33 heavy (non-hydrogen) atoms. The largest absolute Gasteiger partial charge is 0.340 e. The van der Waals surface area contributed by atoms with Crippen LogP contribution in [0.15, 0.2) is 58.7 Å². The Balaban J connectivity index is 2.21. The Morgan fingerprint density at radius 1 is 0.667 bits per heavy atom. The number of carbonyl (C=O) groups excluding carboxylic acids is 1. The molecule has 1 fully saturated rings. The Bertz CT molecular complexity index is 712. The SMILES string of the molecule is CC=CCN1CCN(C(=O)CC/C=C(\C)CCC=C(C)CC/C=C(\C)CCC=C(C)C)CC1. The highest BCUT2D eigenvalue weighted by Gasteiger charge is 2.19. The Morgan fingerprint density at radius 3 is 1.58 bits per heavy atom. The molecule has 1 aliphatic heterocycles. The Hall–Kier alpha value is -1.87. The van der Waals surface area contributed by atoms with Crippen LogP contribution in [0.5, 0.6) is 0 Å². The van der Waals surface area contributed by atoms with Crippen molar-refractivity contribution in [3.8, 4) is 0 Å². The predicted octanol–water partition coefficient (Wildman–Crippen LogP) is 7.63. The zero-order valence-corrected chi connectivity index (χ0v) is 22.5. The molecular formula is C30H50N2O. The molecule has 0 aromatic heterocycles. The molecule has 0 radical (unpaired) electrons. The highest BCUT2D eigenvalue weighted by atomic mass is 16.2. The van der Waals surface area contributed by atoms with E-state index in [1.165, 1.54) is 28.7 Å². The molecule has 1 aliphatic rings. The van der Waals surface area contributed by atoms with Crippen molar-refractivity contribution >= 4 is 5.91 Å². The van der Waals surface area contributed by atoms with Crippen molar-refractivity contribution in [1.29, 1.82) is 0 Å². The fourth-order valence-corrected chi connectivity index (χ4v) is 4.02. The van der Waals surface area contributed by atoms with E-state index in [-0.39, 0.29) is 0 Å². The Labute approximate surface area is 205 Å². The van der Waals surface area contributed by atoms with Crippen LogP contribution in [0, 0.1) is 0 Å². The van der Waals surface area contributed by atoms with Gasteiger partial charge in [-0.1, -0.05) is 58.7 Å². The molecule has 0 unspecified atom stereocenters. The average Bonchev–Trinajstić information content (AvgIpc) is 2.77. The predicted molar refractivity (Wildman–Crippen MR) is 145 cm³/mol. The van der Waals surface area contributed by atoms with Gasteiger partial charge in [0, 0.05) is 39.1 Å². The number of nitrogens with zero attached hydrogens (tertiary/aromatic N) is 2. The van der Waals surface area contributed by atoms with E-state index in [0.717, 1.165) is 71.2 Å². The summed E-state index contributed by atoms with van der Waals surface area (Å²) in [6.45, 7) is 17.8. The average molecular weight is 455 g/mol. The third-order valence-electron chi connectivity index (χ3n) is 6.33. The molecule has 0 bridgehead atoms. The minimum atomic E-state index is 0.310. The second kappa shape index (κ2) is 17.6. The number of carbonyl (C=O) groups is 1. The fourth-order valence-electron chi connectivity index (χ4n) is 4.02. The van der Waals surface area contributed by atoms with Gasteiger partial charge in [0.2, 0.25) is 5.91 Å². The highest BCUT2D eigenvalue weighted by Crippen LogP contribution is 2.14. The van der Waals surface area contributed by atoms with Gasteiger partial charge in [-0.3, -0.25) is 9.69 Å². The molecule has 3 heteroatoms. The van der Waals surface area contributed by atoms with Crippen molar-refractivity contribution in [3.05, 3.63) is 58.7 Å². The molecular weight excluding hydrogens is 404 g/mol. The van der Waals surface area contributed by atoms with E-state index in [1.807, 2.05) is 4.90 Å². The molecule has 0 aromatic rings. The summed E-state index contributed by atoms with van der Waals surface area (Å²) in [6.07, 6.45) is 22.0. The summed E-state index contributed by atoms with van der Waals surface area (Å²) >= 11 is 0.